The molecule has 0 aliphatic heterocycles. The fourth-order valence-electron chi connectivity index (χ4n) is 1.85. The van der Waals surface area contributed by atoms with Gasteiger partial charge in [-0.1, -0.05) is 0 Å². The molecular weight excluding hydrogens is 214 g/mol. The zero-order valence-corrected chi connectivity index (χ0v) is 11.0. The van der Waals surface area contributed by atoms with Crippen molar-refractivity contribution in [1.29, 1.82) is 0 Å². The highest BCUT2D eigenvalue weighted by molar-refractivity contribution is 5.84. The van der Waals surface area contributed by atoms with Crippen molar-refractivity contribution in [3.8, 4) is 0 Å². The van der Waals surface area contributed by atoms with Gasteiger partial charge in [0, 0.05) is 32.0 Å². The van der Waals surface area contributed by atoms with E-state index < -0.39 is 0 Å². The summed E-state index contributed by atoms with van der Waals surface area (Å²) < 4.78 is 0. The van der Waals surface area contributed by atoms with Crippen LogP contribution in [0.15, 0.2) is 24.3 Å². The van der Waals surface area contributed by atoms with Crippen LogP contribution in [0.1, 0.15) is 13.8 Å². The average molecular weight is 235 g/mol. The number of hydrogen-bond donors (Lipinski definition) is 1. The predicted octanol–water partition coefficient (Wildman–Crippen LogP) is 1.57. The number of nitrogens with zero attached hydrogens (tertiary/aromatic N) is 2. The summed E-state index contributed by atoms with van der Waals surface area (Å²) in [5.74, 6) is 0.101. The Morgan fingerprint density at radius 1 is 1.29 bits per heavy atom. The minimum Gasteiger partial charge on any atom is -0.399 e. The molecule has 0 aliphatic rings. The minimum atomic E-state index is -0.168. The highest BCUT2D eigenvalue weighted by atomic mass is 16.2. The SMILES string of the molecule is CCN(c1ccc(N)cc1)C(C)C(=O)N(C)C. The molecule has 0 aromatic heterocycles. The van der Waals surface area contributed by atoms with Gasteiger partial charge in [0.1, 0.15) is 6.04 Å². The number of amides is 1. The number of nitrogens with two attached hydrogens (primary N) is 1. The lowest BCUT2D eigenvalue weighted by Gasteiger charge is -2.31. The first kappa shape index (κ1) is 13.4. The molecule has 94 valence electrons. The van der Waals surface area contributed by atoms with Crippen LogP contribution >= 0.6 is 0 Å². The molecule has 0 aliphatic carbocycles. The van der Waals surface area contributed by atoms with Gasteiger partial charge in [0.05, 0.1) is 0 Å². The normalized spacial score (nSPS) is 12.0. The average Bonchev–Trinajstić information content (AvgIpc) is 2.31. The van der Waals surface area contributed by atoms with Crippen molar-refractivity contribution in [1.82, 2.24) is 4.90 Å². The Bertz CT molecular complexity index is 373. The molecule has 0 saturated heterocycles. The van der Waals surface area contributed by atoms with Gasteiger partial charge in [-0.3, -0.25) is 4.79 Å². The zero-order chi connectivity index (χ0) is 13.0. The zero-order valence-electron chi connectivity index (χ0n) is 11.0. The van der Waals surface area contributed by atoms with E-state index in [2.05, 4.69) is 4.90 Å². The Morgan fingerprint density at radius 3 is 2.24 bits per heavy atom. The van der Waals surface area contributed by atoms with Gasteiger partial charge in [0.15, 0.2) is 0 Å². The minimum absolute atomic E-state index is 0.101. The highest BCUT2D eigenvalue weighted by Gasteiger charge is 2.21. The third-order valence-corrected chi connectivity index (χ3v) is 2.83. The molecule has 1 unspecified atom stereocenters. The second kappa shape index (κ2) is 5.57. The van der Waals surface area contributed by atoms with Crippen LogP contribution in [0.25, 0.3) is 0 Å². The fourth-order valence-corrected chi connectivity index (χ4v) is 1.85. The van der Waals surface area contributed by atoms with E-state index in [9.17, 15) is 4.79 Å². The second-order valence-corrected chi connectivity index (χ2v) is 4.29. The smallest absolute Gasteiger partial charge is 0.244 e. The molecule has 1 amide bonds. The molecule has 4 nitrogen and oxygen atoms in total. The Kier molecular flexibility index (Phi) is 4.37. The quantitative estimate of drug-likeness (QED) is 0.806. The molecule has 0 saturated carbocycles. The van der Waals surface area contributed by atoms with Gasteiger partial charge < -0.3 is 15.5 Å². The lowest BCUT2D eigenvalue weighted by molar-refractivity contribution is -0.129. The van der Waals surface area contributed by atoms with E-state index in [-0.39, 0.29) is 11.9 Å². The van der Waals surface area contributed by atoms with Crippen molar-refractivity contribution in [2.24, 2.45) is 0 Å². The molecule has 2 N–H and O–H groups in total. The van der Waals surface area contributed by atoms with Crippen molar-refractivity contribution in [3.63, 3.8) is 0 Å². The molecule has 1 aromatic rings. The molecule has 1 aromatic carbocycles. The van der Waals surface area contributed by atoms with Gasteiger partial charge in [0.2, 0.25) is 5.91 Å². The Morgan fingerprint density at radius 2 is 1.82 bits per heavy atom. The standard InChI is InChI=1S/C13H21N3O/c1-5-16(10(2)13(17)15(3)4)12-8-6-11(14)7-9-12/h6-10H,5,14H2,1-4H3. The van der Waals surface area contributed by atoms with Crippen molar-refractivity contribution in [2.45, 2.75) is 19.9 Å². The first-order valence-electron chi connectivity index (χ1n) is 5.80. The number of rotatable bonds is 4. The van der Waals surface area contributed by atoms with Crippen LogP contribution in [0.3, 0.4) is 0 Å². The number of carbonyl (C=O) groups excluding carboxylic acids is 1. The van der Waals surface area contributed by atoms with Crippen molar-refractivity contribution in [2.75, 3.05) is 31.3 Å². The fraction of sp³-hybridized carbons (Fsp3) is 0.462. The van der Waals surface area contributed by atoms with E-state index in [1.54, 1.807) is 19.0 Å². The van der Waals surface area contributed by atoms with Gasteiger partial charge in [-0.05, 0) is 38.1 Å². The molecule has 1 atom stereocenters. The topological polar surface area (TPSA) is 49.6 Å². The molecular formula is C13H21N3O. The maximum atomic E-state index is 11.9. The number of benzene rings is 1. The molecule has 17 heavy (non-hydrogen) atoms. The number of anilines is 2. The number of carbonyl (C=O) groups is 1. The van der Waals surface area contributed by atoms with Gasteiger partial charge in [-0.15, -0.1) is 0 Å². The summed E-state index contributed by atoms with van der Waals surface area (Å²) in [7, 11) is 3.55. The summed E-state index contributed by atoms with van der Waals surface area (Å²) in [5, 5.41) is 0. The van der Waals surface area contributed by atoms with Crippen LogP contribution < -0.4 is 10.6 Å². The summed E-state index contributed by atoms with van der Waals surface area (Å²) in [6.45, 7) is 4.74. The van der Waals surface area contributed by atoms with E-state index in [1.165, 1.54) is 0 Å². The Labute approximate surface area is 103 Å². The first-order chi connectivity index (χ1) is 7.97. The van der Waals surface area contributed by atoms with Gasteiger partial charge >= 0.3 is 0 Å². The molecule has 0 radical (unpaired) electrons. The molecule has 0 spiro atoms. The van der Waals surface area contributed by atoms with Crippen LogP contribution in [0.2, 0.25) is 0 Å². The van der Waals surface area contributed by atoms with Crippen LogP contribution in [0.4, 0.5) is 11.4 Å². The molecule has 4 heteroatoms. The van der Waals surface area contributed by atoms with Gasteiger partial charge in [-0.2, -0.15) is 0 Å². The summed E-state index contributed by atoms with van der Waals surface area (Å²) in [6.07, 6.45) is 0. The lowest BCUT2D eigenvalue weighted by atomic mass is 10.2. The predicted molar refractivity (Wildman–Crippen MR) is 72.0 cm³/mol. The third kappa shape index (κ3) is 3.12. The maximum Gasteiger partial charge on any atom is 0.244 e. The highest BCUT2D eigenvalue weighted by Crippen LogP contribution is 2.19. The van der Waals surface area contributed by atoms with E-state index in [0.717, 1.165) is 17.9 Å². The van der Waals surface area contributed by atoms with E-state index in [4.69, 9.17) is 5.73 Å². The molecule has 0 heterocycles. The van der Waals surface area contributed by atoms with Gasteiger partial charge in [0.25, 0.3) is 0 Å². The Balaban J connectivity index is 2.91. The van der Waals surface area contributed by atoms with E-state index in [0.29, 0.717) is 0 Å². The molecule has 0 bridgehead atoms. The van der Waals surface area contributed by atoms with Crippen LogP contribution in [0.5, 0.6) is 0 Å². The van der Waals surface area contributed by atoms with E-state index in [1.807, 2.05) is 38.1 Å². The summed E-state index contributed by atoms with van der Waals surface area (Å²) in [6, 6.07) is 7.42. The molecule has 0 fully saturated rings. The van der Waals surface area contributed by atoms with Crippen LogP contribution in [0, 0.1) is 0 Å². The lowest BCUT2D eigenvalue weighted by Crippen LogP contribution is -2.44. The van der Waals surface area contributed by atoms with Crippen molar-refractivity contribution in [3.05, 3.63) is 24.3 Å². The van der Waals surface area contributed by atoms with Crippen molar-refractivity contribution < 1.29 is 4.79 Å². The van der Waals surface area contributed by atoms with Gasteiger partial charge in [-0.25, -0.2) is 0 Å². The van der Waals surface area contributed by atoms with Crippen molar-refractivity contribution >= 4 is 17.3 Å². The monoisotopic (exact) mass is 235 g/mol. The summed E-state index contributed by atoms with van der Waals surface area (Å²) in [5.41, 5.74) is 7.41. The number of likely N-dealkylation sites (N-methyl/N-ethyl adjacent to an activating group) is 2. The summed E-state index contributed by atoms with van der Waals surface area (Å²) >= 11 is 0. The number of nitrogen functional groups attached to an aromatic ring is 1. The second-order valence-electron chi connectivity index (χ2n) is 4.29. The summed E-state index contributed by atoms with van der Waals surface area (Å²) in [4.78, 5) is 15.6. The first-order valence-corrected chi connectivity index (χ1v) is 5.80. The maximum absolute atomic E-state index is 11.9. The Hall–Kier alpha value is -1.71. The van der Waals surface area contributed by atoms with E-state index >= 15 is 0 Å². The van der Waals surface area contributed by atoms with Crippen LogP contribution in [-0.2, 0) is 4.79 Å². The number of hydrogen-bond acceptors (Lipinski definition) is 3. The van der Waals surface area contributed by atoms with Crippen LogP contribution in [-0.4, -0.2) is 37.5 Å². The largest absolute Gasteiger partial charge is 0.399 e. The third-order valence-electron chi connectivity index (χ3n) is 2.83. The molecule has 1 rings (SSSR count).